The first-order valence-corrected chi connectivity index (χ1v) is 4.36. The summed E-state index contributed by atoms with van der Waals surface area (Å²) < 4.78 is 10.4. The van der Waals surface area contributed by atoms with Crippen molar-refractivity contribution in [1.29, 1.82) is 0 Å². The summed E-state index contributed by atoms with van der Waals surface area (Å²) in [6.45, 7) is 0. The Hall–Kier alpha value is -0.336. The Kier molecular flexibility index (Phi) is 3.94. The molecule has 0 amide bonds. The van der Waals surface area contributed by atoms with E-state index in [4.69, 9.17) is 5.11 Å². The Morgan fingerprint density at radius 1 is 1.25 bits per heavy atom. The van der Waals surface area contributed by atoms with Crippen LogP contribution in [0.25, 0.3) is 0 Å². The summed E-state index contributed by atoms with van der Waals surface area (Å²) in [5.74, 6) is -0.499. The number of para-hydroxylation sites is 1. The Morgan fingerprint density at radius 3 is 2.08 bits per heavy atom. The zero-order valence-corrected chi connectivity index (χ0v) is 7.63. The van der Waals surface area contributed by atoms with E-state index in [2.05, 4.69) is 0 Å². The fourth-order valence-corrected chi connectivity index (χ4v) is 1.32. The van der Waals surface area contributed by atoms with Crippen LogP contribution in [-0.4, -0.2) is 5.11 Å². The third-order valence-electron chi connectivity index (χ3n) is 1.18. The third kappa shape index (κ3) is 2.61. The van der Waals surface area contributed by atoms with E-state index in [1.54, 1.807) is 0 Å². The third-order valence-corrected chi connectivity index (χ3v) is 2.15. The minimum Gasteiger partial charge on any atom is -0.807 e. The van der Waals surface area contributed by atoms with Crippen molar-refractivity contribution in [3.8, 4) is 5.75 Å². The topological polar surface area (TPSA) is 83.4 Å². The number of phenolic OH excluding ortho intramolecular Hbond substituents is 1. The second kappa shape index (κ2) is 4.06. The number of phenols is 1. The molecule has 0 aliphatic carbocycles. The summed E-state index contributed by atoms with van der Waals surface area (Å²) in [5, 5.41) is 8.32. The van der Waals surface area contributed by atoms with Gasteiger partial charge < -0.3 is 19.5 Å². The van der Waals surface area contributed by atoms with Crippen molar-refractivity contribution >= 4 is 12.9 Å². The molecule has 0 unspecified atom stereocenters. The van der Waals surface area contributed by atoms with Crippen molar-refractivity contribution in [2.24, 2.45) is 0 Å². The predicted molar refractivity (Wildman–Crippen MR) is 35.3 cm³/mol. The van der Waals surface area contributed by atoms with Gasteiger partial charge in [-0.2, -0.15) is 0 Å². The second-order valence-corrected chi connectivity index (χ2v) is 3.46. The van der Waals surface area contributed by atoms with E-state index in [-0.39, 0.29) is 16.5 Å². The average Bonchev–Trinajstić information content (AvgIpc) is 1.86. The van der Waals surface area contributed by atoms with Gasteiger partial charge in [0.15, 0.2) is 0 Å². The molecule has 0 saturated carbocycles. The molecule has 4 nitrogen and oxygen atoms in total. The molecule has 0 saturated heterocycles. The fourth-order valence-electron chi connectivity index (χ4n) is 0.696. The Labute approximate surface area is 79.3 Å². The standard InChI is InChI=1S/C6H7O4P.Ni/c7-5-3-1-2-4-6(5)11(8,9)10;/h1-4,7H,(H2,8,9,10);/q;+2/p-2. The molecule has 12 heavy (non-hydrogen) atoms. The molecule has 0 bridgehead atoms. The van der Waals surface area contributed by atoms with E-state index in [0.717, 1.165) is 12.1 Å². The van der Waals surface area contributed by atoms with Crippen molar-refractivity contribution in [2.45, 2.75) is 0 Å². The van der Waals surface area contributed by atoms with Crippen LogP contribution in [0.15, 0.2) is 24.3 Å². The van der Waals surface area contributed by atoms with Crippen LogP contribution < -0.4 is 15.1 Å². The SMILES string of the molecule is O=P([O-])([O-])c1ccccc1O.[Ni+2]. The zero-order chi connectivity index (χ0) is 8.48. The van der Waals surface area contributed by atoms with E-state index in [9.17, 15) is 14.4 Å². The molecule has 1 rings (SSSR count). The number of hydrogen-bond acceptors (Lipinski definition) is 4. The Balaban J connectivity index is 0.00000121. The normalized spacial score (nSPS) is 10.5. The van der Waals surface area contributed by atoms with Crippen LogP contribution in [0.3, 0.4) is 0 Å². The summed E-state index contributed by atoms with van der Waals surface area (Å²) in [7, 11) is -4.81. The molecule has 0 radical (unpaired) electrons. The maximum Gasteiger partial charge on any atom is 2.00 e. The van der Waals surface area contributed by atoms with E-state index in [1.807, 2.05) is 0 Å². The molecule has 0 spiro atoms. The van der Waals surface area contributed by atoms with E-state index in [1.165, 1.54) is 12.1 Å². The molecule has 0 fully saturated rings. The van der Waals surface area contributed by atoms with Crippen LogP contribution in [0.5, 0.6) is 5.75 Å². The maximum absolute atomic E-state index is 10.4. The van der Waals surface area contributed by atoms with Crippen LogP contribution in [0.4, 0.5) is 0 Å². The molecule has 0 aliphatic heterocycles. The van der Waals surface area contributed by atoms with Crippen LogP contribution in [0.2, 0.25) is 0 Å². The van der Waals surface area contributed by atoms with Gasteiger partial charge in [0.2, 0.25) is 0 Å². The zero-order valence-electron chi connectivity index (χ0n) is 5.74. The molecule has 0 atom stereocenters. The molecule has 68 valence electrons. The number of benzene rings is 1. The van der Waals surface area contributed by atoms with Crippen molar-refractivity contribution in [2.75, 3.05) is 0 Å². The van der Waals surface area contributed by atoms with Crippen LogP contribution in [-0.2, 0) is 21.1 Å². The van der Waals surface area contributed by atoms with Crippen molar-refractivity contribution in [3.63, 3.8) is 0 Å². The minimum absolute atomic E-state index is 0. The number of rotatable bonds is 1. The van der Waals surface area contributed by atoms with Gasteiger partial charge in [0.25, 0.3) is 0 Å². The molecular weight excluding hydrogens is 226 g/mol. The number of hydrogen-bond donors (Lipinski definition) is 1. The van der Waals surface area contributed by atoms with Gasteiger partial charge >= 0.3 is 16.5 Å². The summed E-state index contributed by atoms with van der Waals surface area (Å²) in [6, 6.07) is 5.03. The van der Waals surface area contributed by atoms with Gasteiger partial charge in [-0.05, 0) is 13.7 Å². The first-order valence-electron chi connectivity index (χ1n) is 2.82. The molecular formula is C6H5NiO4P. The molecule has 1 N–H and O–H groups in total. The van der Waals surface area contributed by atoms with E-state index >= 15 is 0 Å². The molecule has 1 aromatic carbocycles. The number of aromatic hydroxyl groups is 1. The first kappa shape index (κ1) is 11.7. The largest absolute Gasteiger partial charge is 2.00 e. The van der Waals surface area contributed by atoms with E-state index in [0.29, 0.717) is 0 Å². The average molecular weight is 231 g/mol. The molecule has 0 aromatic heterocycles. The van der Waals surface area contributed by atoms with Gasteiger partial charge in [0, 0.05) is 5.30 Å². The van der Waals surface area contributed by atoms with Crippen LogP contribution in [0, 0.1) is 0 Å². The van der Waals surface area contributed by atoms with Gasteiger partial charge in [0.1, 0.15) is 5.75 Å². The van der Waals surface area contributed by atoms with Crippen molar-refractivity contribution in [1.82, 2.24) is 0 Å². The summed E-state index contributed by atoms with van der Waals surface area (Å²) in [5.41, 5.74) is 0. The molecule has 0 heterocycles. The first-order chi connectivity index (χ1) is 5.02. The van der Waals surface area contributed by atoms with Crippen LogP contribution >= 0.6 is 7.60 Å². The monoisotopic (exact) mass is 230 g/mol. The van der Waals surface area contributed by atoms with Gasteiger partial charge in [-0.1, -0.05) is 18.2 Å². The fraction of sp³-hybridized carbons (Fsp3) is 0. The maximum atomic E-state index is 10.4. The molecule has 1 aromatic rings. The van der Waals surface area contributed by atoms with Gasteiger partial charge in [-0.3, -0.25) is 0 Å². The van der Waals surface area contributed by atoms with Gasteiger partial charge in [0.05, 0.1) is 0 Å². The Bertz CT molecular complexity index is 308. The minimum atomic E-state index is -4.81. The Morgan fingerprint density at radius 2 is 1.75 bits per heavy atom. The molecule has 6 heteroatoms. The summed E-state index contributed by atoms with van der Waals surface area (Å²) in [6.07, 6.45) is 0. The smallest absolute Gasteiger partial charge is 0.807 e. The predicted octanol–water partition coefficient (Wildman–Crippen LogP) is -1.07. The summed E-state index contributed by atoms with van der Waals surface area (Å²) in [4.78, 5) is 20.7. The second-order valence-electron chi connectivity index (χ2n) is 1.99. The van der Waals surface area contributed by atoms with Gasteiger partial charge in [-0.15, -0.1) is 0 Å². The van der Waals surface area contributed by atoms with E-state index < -0.39 is 18.6 Å². The van der Waals surface area contributed by atoms with Crippen molar-refractivity contribution in [3.05, 3.63) is 24.3 Å². The van der Waals surface area contributed by atoms with Crippen LogP contribution in [0.1, 0.15) is 0 Å². The molecule has 0 aliphatic rings. The summed E-state index contributed by atoms with van der Waals surface area (Å²) >= 11 is 0. The van der Waals surface area contributed by atoms with Crippen molar-refractivity contribution < 1.29 is 35.9 Å². The van der Waals surface area contributed by atoms with Gasteiger partial charge in [-0.25, -0.2) is 0 Å². The quantitative estimate of drug-likeness (QED) is 0.492.